The van der Waals surface area contributed by atoms with Gasteiger partial charge in [0.1, 0.15) is 11.8 Å². The standard InChI is InChI=1S/C25H33ClN2O3/c1-16(2)13-27-25(30)20(6)28(14-21-7-9-22(26)10-8-21)24(29)15-31-23-12-17(3)11-18(4)19(23)5/h7-12,16,20H,13-15H2,1-6H3,(H,27,30). The predicted molar refractivity (Wildman–Crippen MR) is 125 cm³/mol. The van der Waals surface area contributed by atoms with Gasteiger partial charge in [0.25, 0.3) is 5.91 Å². The van der Waals surface area contributed by atoms with Crippen LogP contribution in [0.4, 0.5) is 0 Å². The molecule has 2 amide bonds. The van der Waals surface area contributed by atoms with E-state index in [1.807, 2.05) is 52.8 Å². The van der Waals surface area contributed by atoms with Gasteiger partial charge in [0.2, 0.25) is 5.91 Å². The molecule has 0 saturated carbocycles. The maximum Gasteiger partial charge on any atom is 0.261 e. The molecule has 1 unspecified atom stereocenters. The zero-order valence-corrected chi connectivity index (χ0v) is 20.0. The number of hydrogen-bond donors (Lipinski definition) is 1. The number of carbonyl (C=O) groups is 2. The number of amides is 2. The molecule has 0 aromatic heterocycles. The van der Waals surface area contributed by atoms with Crippen molar-refractivity contribution in [1.82, 2.24) is 10.2 Å². The van der Waals surface area contributed by atoms with Crippen molar-refractivity contribution in [2.45, 2.75) is 54.1 Å². The lowest BCUT2D eigenvalue weighted by atomic mass is 10.1. The summed E-state index contributed by atoms with van der Waals surface area (Å²) in [4.78, 5) is 27.4. The van der Waals surface area contributed by atoms with Gasteiger partial charge in [-0.1, -0.05) is 43.6 Å². The number of benzene rings is 2. The molecule has 1 N–H and O–H groups in total. The minimum atomic E-state index is -0.633. The average molecular weight is 445 g/mol. The highest BCUT2D eigenvalue weighted by atomic mass is 35.5. The summed E-state index contributed by atoms with van der Waals surface area (Å²) in [5, 5.41) is 3.54. The van der Waals surface area contributed by atoms with Gasteiger partial charge in [-0.05, 0) is 74.1 Å². The number of aryl methyl sites for hydroxylation is 2. The molecule has 0 bridgehead atoms. The normalized spacial score (nSPS) is 11.9. The molecule has 2 rings (SSSR count). The number of nitrogens with zero attached hydrogens (tertiary/aromatic N) is 1. The van der Waals surface area contributed by atoms with E-state index in [2.05, 4.69) is 11.4 Å². The van der Waals surface area contributed by atoms with Crippen molar-refractivity contribution in [3.8, 4) is 5.75 Å². The highest BCUT2D eigenvalue weighted by molar-refractivity contribution is 6.30. The van der Waals surface area contributed by atoms with E-state index in [1.165, 1.54) is 0 Å². The van der Waals surface area contributed by atoms with Gasteiger partial charge in [-0.25, -0.2) is 0 Å². The zero-order valence-electron chi connectivity index (χ0n) is 19.3. The molecule has 2 aromatic rings. The number of carbonyl (C=O) groups excluding carboxylic acids is 2. The number of halogens is 1. The SMILES string of the molecule is Cc1cc(C)c(C)c(OCC(=O)N(Cc2ccc(Cl)cc2)C(C)C(=O)NCC(C)C)c1. The maximum atomic E-state index is 13.1. The molecule has 0 aliphatic carbocycles. The van der Waals surface area contributed by atoms with Gasteiger partial charge in [-0.15, -0.1) is 0 Å². The summed E-state index contributed by atoms with van der Waals surface area (Å²) in [7, 11) is 0. The molecule has 31 heavy (non-hydrogen) atoms. The number of hydrogen-bond acceptors (Lipinski definition) is 3. The van der Waals surface area contributed by atoms with Crippen LogP contribution in [-0.2, 0) is 16.1 Å². The Bertz CT molecular complexity index is 910. The molecular formula is C25H33ClN2O3. The van der Waals surface area contributed by atoms with E-state index >= 15 is 0 Å². The predicted octanol–water partition coefficient (Wildman–Crippen LogP) is 4.83. The Morgan fingerprint density at radius 1 is 1.06 bits per heavy atom. The Morgan fingerprint density at radius 2 is 1.71 bits per heavy atom. The van der Waals surface area contributed by atoms with Crippen LogP contribution >= 0.6 is 11.6 Å². The molecule has 0 fully saturated rings. The van der Waals surface area contributed by atoms with E-state index in [9.17, 15) is 9.59 Å². The summed E-state index contributed by atoms with van der Waals surface area (Å²) in [6, 6.07) is 10.6. The zero-order chi connectivity index (χ0) is 23.1. The van der Waals surface area contributed by atoms with Crippen LogP contribution in [0.25, 0.3) is 0 Å². The Kier molecular flexibility index (Phi) is 8.93. The van der Waals surface area contributed by atoms with Gasteiger partial charge in [-0.2, -0.15) is 0 Å². The first kappa shape index (κ1) is 24.7. The lowest BCUT2D eigenvalue weighted by Gasteiger charge is -2.29. The molecule has 0 aliphatic rings. The fourth-order valence-corrected chi connectivity index (χ4v) is 3.32. The van der Waals surface area contributed by atoms with Gasteiger partial charge >= 0.3 is 0 Å². The van der Waals surface area contributed by atoms with Crippen LogP contribution in [0.15, 0.2) is 36.4 Å². The minimum absolute atomic E-state index is 0.140. The van der Waals surface area contributed by atoms with Crippen molar-refractivity contribution >= 4 is 23.4 Å². The highest BCUT2D eigenvalue weighted by Crippen LogP contribution is 2.23. The first-order valence-electron chi connectivity index (χ1n) is 10.6. The molecule has 1 atom stereocenters. The van der Waals surface area contributed by atoms with Crippen molar-refractivity contribution in [3.05, 3.63) is 63.7 Å². The summed E-state index contributed by atoms with van der Waals surface area (Å²) >= 11 is 5.99. The lowest BCUT2D eigenvalue weighted by Crippen LogP contribution is -2.49. The Balaban J connectivity index is 2.18. The van der Waals surface area contributed by atoms with Gasteiger partial charge in [0.15, 0.2) is 6.61 Å². The minimum Gasteiger partial charge on any atom is -0.483 e. The van der Waals surface area contributed by atoms with E-state index in [0.29, 0.717) is 29.8 Å². The average Bonchev–Trinajstić information content (AvgIpc) is 2.72. The fraction of sp³-hybridized carbons (Fsp3) is 0.440. The monoisotopic (exact) mass is 444 g/mol. The first-order valence-corrected chi connectivity index (χ1v) is 11.0. The van der Waals surface area contributed by atoms with Crippen LogP contribution in [0.2, 0.25) is 5.02 Å². The van der Waals surface area contributed by atoms with Crippen molar-refractivity contribution in [3.63, 3.8) is 0 Å². The van der Waals surface area contributed by atoms with E-state index in [-0.39, 0.29) is 18.4 Å². The molecule has 168 valence electrons. The van der Waals surface area contributed by atoms with Crippen molar-refractivity contribution in [2.24, 2.45) is 5.92 Å². The van der Waals surface area contributed by atoms with Crippen LogP contribution in [-0.4, -0.2) is 35.9 Å². The third kappa shape index (κ3) is 7.28. The summed E-state index contributed by atoms with van der Waals surface area (Å²) in [5.74, 6) is 0.584. The van der Waals surface area contributed by atoms with Crippen LogP contribution < -0.4 is 10.1 Å². The van der Waals surface area contributed by atoms with Gasteiger partial charge < -0.3 is 15.0 Å². The lowest BCUT2D eigenvalue weighted by molar-refractivity contribution is -0.142. The van der Waals surface area contributed by atoms with Crippen molar-refractivity contribution < 1.29 is 14.3 Å². The van der Waals surface area contributed by atoms with Crippen molar-refractivity contribution in [2.75, 3.05) is 13.2 Å². The molecule has 6 heteroatoms. The second-order valence-corrected chi connectivity index (χ2v) is 8.89. The van der Waals surface area contributed by atoms with E-state index in [1.54, 1.807) is 24.0 Å². The number of ether oxygens (including phenoxy) is 1. The second kappa shape index (κ2) is 11.2. The second-order valence-electron chi connectivity index (χ2n) is 8.46. The fourth-order valence-electron chi connectivity index (χ4n) is 3.19. The Morgan fingerprint density at radius 3 is 2.32 bits per heavy atom. The van der Waals surface area contributed by atoms with Crippen LogP contribution in [0.3, 0.4) is 0 Å². The first-order chi connectivity index (χ1) is 14.6. The van der Waals surface area contributed by atoms with Crippen molar-refractivity contribution in [1.29, 1.82) is 0 Å². The van der Waals surface area contributed by atoms with Crippen LogP contribution in [0, 0.1) is 26.7 Å². The summed E-state index contributed by atoms with van der Waals surface area (Å²) < 4.78 is 5.88. The summed E-state index contributed by atoms with van der Waals surface area (Å²) in [6.45, 7) is 12.5. The quantitative estimate of drug-likeness (QED) is 0.602. The van der Waals surface area contributed by atoms with E-state index < -0.39 is 6.04 Å². The molecule has 0 radical (unpaired) electrons. The van der Waals surface area contributed by atoms with E-state index in [0.717, 1.165) is 22.3 Å². The Labute approximate surface area is 190 Å². The Hall–Kier alpha value is -2.53. The number of nitrogens with one attached hydrogen (secondary N) is 1. The largest absolute Gasteiger partial charge is 0.483 e. The molecule has 0 aliphatic heterocycles. The van der Waals surface area contributed by atoms with Gasteiger partial charge in [-0.3, -0.25) is 9.59 Å². The van der Waals surface area contributed by atoms with Gasteiger partial charge in [0, 0.05) is 18.1 Å². The molecule has 0 spiro atoms. The summed E-state index contributed by atoms with van der Waals surface area (Å²) in [5.41, 5.74) is 4.08. The highest BCUT2D eigenvalue weighted by Gasteiger charge is 2.26. The molecule has 0 saturated heterocycles. The van der Waals surface area contributed by atoms with Crippen LogP contribution in [0.5, 0.6) is 5.75 Å². The smallest absolute Gasteiger partial charge is 0.261 e. The summed E-state index contributed by atoms with van der Waals surface area (Å²) in [6.07, 6.45) is 0. The third-order valence-electron chi connectivity index (χ3n) is 5.23. The third-order valence-corrected chi connectivity index (χ3v) is 5.49. The van der Waals surface area contributed by atoms with Gasteiger partial charge in [0.05, 0.1) is 0 Å². The molecule has 0 heterocycles. The maximum absolute atomic E-state index is 13.1. The van der Waals surface area contributed by atoms with Crippen LogP contribution in [0.1, 0.15) is 43.0 Å². The van der Waals surface area contributed by atoms with E-state index in [4.69, 9.17) is 16.3 Å². The number of rotatable bonds is 9. The topological polar surface area (TPSA) is 58.6 Å². The molecule has 2 aromatic carbocycles. The molecule has 5 nitrogen and oxygen atoms in total. The molecular weight excluding hydrogens is 412 g/mol.